The lowest BCUT2D eigenvalue weighted by Crippen LogP contribution is -2.51. The van der Waals surface area contributed by atoms with Crippen LogP contribution in [0.3, 0.4) is 0 Å². The van der Waals surface area contributed by atoms with Gasteiger partial charge in [-0.1, -0.05) is 60.2 Å². The first kappa shape index (κ1) is 28.4. The molecular formula is C33H35N3O4. The van der Waals surface area contributed by atoms with Crippen molar-refractivity contribution in [3.05, 3.63) is 119 Å². The molecule has 40 heavy (non-hydrogen) atoms. The van der Waals surface area contributed by atoms with E-state index in [-0.39, 0.29) is 18.4 Å². The number of anilines is 1. The number of carbonyl (C=O) groups is 2. The fourth-order valence-corrected chi connectivity index (χ4v) is 4.45. The van der Waals surface area contributed by atoms with Gasteiger partial charge in [-0.15, -0.1) is 0 Å². The number of aliphatic hydroxyl groups excluding tert-OH is 1. The fourth-order valence-electron chi connectivity index (χ4n) is 4.45. The number of hydrazine groups is 1. The van der Waals surface area contributed by atoms with Gasteiger partial charge in [-0.3, -0.25) is 20.0 Å². The summed E-state index contributed by atoms with van der Waals surface area (Å²) in [7, 11) is 1.60. The number of hydrogen-bond donors (Lipinski definition) is 3. The van der Waals surface area contributed by atoms with Gasteiger partial charge in [-0.05, 0) is 78.6 Å². The predicted molar refractivity (Wildman–Crippen MR) is 158 cm³/mol. The number of aryl methyl sites for hydroxylation is 1. The zero-order valence-electron chi connectivity index (χ0n) is 23.1. The number of aliphatic hydroxyl groups is 1. The minimum Gasteiger partial charge on any atom is -0.497 e. The smallest absolute Gasteiger partial charge is 0.263 e. The zero-order chi connectivity index (χ0) is 28.5. The molecule has 206 valence electrons. The Kier molecular flexibility index (Phi) is 9.54. The normalized spacial score (nSPS) is 11.4. The van der Waals surface area contributed by atoms with E-state index in [2.05, 4.69) is 10.7 Å². The summed E-state index contributed by atoms with van der Waals surface area (Å²) in [5, 5.41) is 14.0. The topological polar surface area (TPSA) is 90.9 Å². The van der Waals surface area contributed by atoms with Crippen molar-refractivity contribution in [1.29, 1.82) is 0 Å². The van der Waals surface area contributed by atoms with E-state index in [4.69, 9.17) is 4.74 Å². The molecule has 2 amide bonds. The molecule has 0 bridgehead atoms. The van der Waals surface area contributed by atoms with Crippen LogP contribution in [0.4, 0.5) is 5.69 Å². The number of rotatable bonds is 11. The van der Waals surface area contributed by atoms with Crippen LogP contribution in [0, 0.1) is 6.92 Å². The summed E-state index contributed by atoms with van der Waals surface area (Å²) in [4.78, 5) is 27.0. The van der Waals surface area contributed by atoms with Crippen LogP contribution in [-0.4, -0.2) is 41.6 Å². The maximum absolute atomic E-state index is 13.8. The number of methoxy groups -OCH3 is 1. The number of nitrogens with zero attached hydrogens (tertiary/aromatic N) is 1. The standard InChI is InChI=1S/C33H35N3O4/c1-4-36(35-29-15-17-30(40-3)18-16-29)33(39)31(34-32(38)28-10-5-7-23(2)19-28)21-24-11-13-26(14-12-24)27-9-6-8-25(20-27)22-37/h5-20,31,35,37H,4,21-22H2,1-3H3,(H,34,38). The monoisotopic (exact) mass is 537 g/mol. The summed E-state index contributed by atoms with van der Waals surface area (Å²) in [5.74, 6) is 0.161. The summed E-state index contributed by atoms with van der Waals surface area (Å²) in [6, 6.07) is 29.4. The SMILES string of the molecule is CCN(Nc1ccc(OC)cc1)C(=O)C(Cc1ccc(-c2cccc(CO)c2)cc1)NC(=O)c1cccc(C)c1. The first-order valence-corrected chi connectivity index (χ1v) is 13.3. The minimum atomic E-state index is -0.803. The van der Waals surface area contributed by atoms with E-state index in [1.807, 2.05) is 98.8 Å². The van der Waals surface area contributed by atoms with Gasteiger partial charge in [-0.25, -0.2) is 0 Å². The Labute approximate surface area is 235 Å². The third-order valence-corrected chi connectivity index (χ3v) is 6.66. The van der Waals surface area contributed by atoms with Crippen molar-refractivity contribution >= 4 is 17.5 Å². The van der Waals surface area contributed by atoms with Gasteiger partial charge in [-0.2, -0.15) is 0 Å². The van der Waals surface area contributed by atoms with E-state index in [1.54, 1.807) is 19.2 Å². The van der Waals surface area contributed by atoms with Gasteiger partial charge < -0.3 is 15.2 Å². The van der Waals surface area contributed by atoms with Crippen molar-refractivity contribution in [2.45, 2.75) is 32.9 Å². The average Bonchev–Trinajstić information content (AvgIpc) is 2.99. The van der Waals surface area contributed by atoms with Gasteiger partial charge in [0.25, 0.3) is 11.8 Å². The Hall–Kier alpha value is -4.62. The van der Waals surface area contributed by atoms with Crippen molar-refractivity contribution in [2.75, 3.05) is 19.1 Å². The highest BCUT2D eigenvalue weighted by Crippen LogP contribution is 2.22. The number of nitrogens with one attached hydrogen (secondary N) is 2. The maximum Gasteiger partial charge on any atom is 0.263 e. The van der Waals surface area contributed by atoms with Crippen LogP contribution in [-0.2, 0) is 17.8 Å². The van der Waals surface area contributed by atoms with Crippen molar-refractivity contribution in [2.24, 2.45) is 0 Å². The van der Waals surface area contributed by atoms with Crippen LogP contribution in [0.15, 0.2) is 97.1 Å². The van der Waals surface area contributed by atoms with Gasteiger partial charge in [0.1, 0.15) is 11.8 Å². The molecule has 0 aromatic heterocycles. The summed E-state index contributed by atoms with van der Waals surface area (Å²) in [5.41, 5.74) is 9.12. The Bertz CT molecular complexity index is 1440. The van der Waals surface area contributed by atoms with Crippen molar-refractivity contribution < 1.29 is 19.4 Å². The van der Waals surface area contributed by atoms with Gasteiger partial charge in [0.2, 0.25) is 0 Å². The third kappa shape index (κ3) is 7.27. The Morgan fingerprint density at radius 1 is 0.875 bits per heavy atom. The molecule has 0 heterocycles. The zero-order valence-corrected chi connectivity index (χ0v) is 23.1. The molecule has 0 saturated carbocycles. The van der Waals surface area contributed by atoms with Gasteiger partial charge in [0.15, 0.2) is 0 Å². The van der Waals surface area contributed by atoms with Gasteiger partial charge in [0.05, 0.1) is 19.4 Å². The lowest BCUT2D eigenvalue weighted by Gasteiger charge is -2.28. The first-order chi connectivity index (χ1) is 19.4. The average molecular weight is 538 g/mol. The molecule has 4 aromatic carbocycles. The lowest BCUT2D eigenvalue weighted by atomic mass is 9.99. The number of benzene rings is 4. The summed E-state index contributed by atoms with van der Waals surface area (Å²) < 4.78 is 5.23. The molecule has 0 aliphatic heterocycles. The van der Waals surface area contributed by atoms with E-state index in [0.717, 1.165) is 39.3 Å². The van der Waals surface area contributed by atoms with Gasteiger partial charge >= 0.3 is 0 Å². The van der Waals surface area contributed by atoms with E-state index in [9.17, 15) is 14.7 Å². The summed E-state index contributed by atoms with van der Waals surface area (Å²) >= 11 is 0. The molecule has 3 N–H and O–H groups in total. The highest BCUT2D eigenvalue weighted by Gasteiger charge is 2.26. The molecule has 7 heteroatoms. The summed E-state index contributed by atoms with van der Waals surface area (Å²) in [6.07, 6.45) is 0.314. The second-order valence-corrected chi connectivity index (χ2v) is 9.58. The highest BCUT2D eigenvalue weighted by atomic mass is 16.5. The Balaban J connectivity index is 1.57. The molecule has 1 unspecified atom stereocenters. The van der Waals surface area contributed by atoms with Gasteiger partial charge in [0, 0.05) is 18.5 Å². The van der Waals surface area contributed by atoms with Crippen molar-refractivity contribution in [3.63, 3.8) is 0 Å². The Morgan fingerprint density at radius 2 is 1.60 bits per heavy atom. The third-order valence-electron chi connectivity index (χ3n) is 6.66. The molecule has 1 atom stereocenters. The molecule has 0 aliphatic carbocycles. The molecule has 4 rings (SSSR count). The van der Waals surface area contributed by atoms with Crippen LogP contribution in [0.25, 0.3) is 11.1 Å². The van der Waals surface area contributed by atoms with Crippen molar-refractivity contribution in [1.82, 2.24) is 10.3 Å². The van der Waals surface area contributed by atoms with Crippen LogP contribution >= 0.6 is 0 Å². The van der Waals surface area contributed by atoms with Crippen LogP contribution in [0.5, 0.6) is 5.75 Å². The van der Waals surface area contributed by atoms with E-state index in [0.29, 0.717) is 18.5 Å². The Morgan fingerprint density at radius 3 is 2.25 bits per heavy atom. The maximum atomic E-state index is 13.8. The predicted octanol–water partition coefficient (Wildman–Crippen LogP) is 5.38. The number of ether oxygens (including phenoxy) is 1. The number of amides is 2. The highest BCUT2D eigenvalue weighted by molar-refractivity contribution is 5.98. The molecule has 0 aliphatic rings. The van der Waals surface area contributed by atoms with Crippen LogP contribution < -0.4 is 15.5 Å². The van der Waals surface area contributed by atoms with Crippen LogP contribution in [0.2, 0.25) is 0 Å². The van der Waals surface area contributed by atoms with E-state index in [1.165, 1.54) is 5.01 Å². The molecular weight excluding hydrogens is 502 g/mol. The molecule has 7 nitrogen and oxygen atoms in total. The second kappa shape index (κ2) is 13.4. The minimum absolute atomic E-state index is 0.0190. The summed E-state index contributed by atoms with van der Waals surface area (Å²) in [6.45, 7) is 4.18. The van der Waals surface area contributed by atoms with Crippen molar-refractivity contribution in [3.8, 4) is 16.9 Å². The van der Waals surface area contributed by atoms with E-state index >= 15 is 0 Å². The number of likely N-dealkylation sites (N-methyl/N-ethyl adjacent to an activating group) is 1. The molecule has 0 radical (unpaired) electrons. The molecule has 0 fully saturated rings. The molecule has 0 spiro atoms. The largest absolute Gasteiger partial charge is 0.497 e. The molecule has 4 aromatic rings. The fraction of sp³-hybridized carbons (Fsp3) is 0.212. The first-order valence-electron chi connectivity index (χ1n) is 13.3. The lowest BCUT2D eigenvalue weighted by molar-refractivity contribution is -0.131. The number of hydrogen-bond acceptors (Lipinski definition) is 5. The second-order valence-electron chi connectivity index (χ2n) is 9.58. The van der Waals surface area contributed by atoms with E-state index < -0.39 is 6.04 Å². The quantitative estimate of drug-likeness (QED) is 0.224. The molecule has 0 saturated heterocycles. The van der Waals surface area contributed by atoms with Crippen LogP contribution in [0.1, 0.15) is 34.0 Å². The number of carbonyl (C=O) groups excluding carboxylic acids is 2.